The van der Waals surface area contributed by atoms with Gasteiger partial charge in [-0.15, -0.1) is 0 Å². The smallest absolute Gasteiger partial charge is 0.382 e. The van der Waals surface area contributed by atoms with Gasteiger partial charge in [0.1, 0.15) is 0 Å². The van der Waals surface area contributed by atoms with Crippen molar-refractivity contribution in [3.63, 3.8) is 0 Å². The number of hydrogen-bond acceptors (Lipinski definition) is 3. The third kappa shape index (κ3) is 15.7. The van der Waals surface area contributed by atoms with Gasteiger partial charge in [0.15, 0.2) is 0 Å². The van der Waals surface area contributed by atoms with E-state index in [1.165, 1.54) is 0 Å². The van der Waals surface area contributed by atoms with E-state index in [0.29, 0.717) is 13.2 Å². The molecule has 0 spiro atoms. The van der Waals surface area contributed by atoms with Crippen LogP contribution < -0.4 is 5.32 Å². The number of alkyl halides is 3. The molecule has 6 heteroatoms. The maximum atomic E-state index is 11.8. The normalized spacial score (nSPS) is 12.0. The molecule has 0 fully saturated rings. The largest absolute Gasteiger partial charge is 0.389 e. The summed E-state index contributed by atoms with van der Waals surface area (Å²) in [5, 5.41) is 3.12. The Morgan fingerprint density at radius 3 is 2.29 bits per heavy atom. The Balaban J connectivity index is 2.99. The van der Waals surface area contributed by atoms with Crippen molar-refractivity contribution in [3.8, 4) is 0 Å². The first-order valence-corrected chi connectivity index (χ1v) is 5.99. The third-order valence-electron chi connectivity index (χ3n) is 2.02. The van der Waals surface area contributed by atoms with Gasteiger partial charge >= 0.3 is 6.18 Å². The zero-order valence-corrected chi connectivity index (χ0v) is 10.3. The third-order valence-corrected chi connectivity index (χ3v) is 2.02. The molecule has 0 unspecified atom stereocenters. The van der Waals surface area contributed by atoms with Crippen LogP contribution in [0, 0.1) is 0 Å². The van der Waals surface area contributed by atoms with Crippen LogP contribution in [0.4, 0.5) is 13.2 Å². The summed E-state index contributed by atoms with van der Waals surface area (Å²) in [6, 6.07) is 0. The highest BCUT2D eigenvalue weighted by atomic mass is 19.4. The molecule has 0 saturated carbocycles. The first-order chi connectivity index (χ1) is 8.06. The van der Waals surface area contributed by atoms with E-state index in [2.05, 4.69) is 5.32 Å². The molecule has 0 aromatic heterocycles. The highest BCUT2D eigenvalue weighted by Gasteiger charge is 2.25. The van der Waals surface area contributed by atoms with Crippen LogP contribution in [0.2, 0.25) is 0 Å². The van der Waals surface area contributed by atoms with E-state index >= 15 is 0 Å². The Morgan fingerprint density at radius 2 is 1.65 bits per heavy atom. The molecule has 0 saturated heterocycles. The van der Waals surface area contributed by atoms with Crippen molar-refractivity contribution >= 4 is 0 Å². The van der Waals surface area contributed by atoms with Gasteiger partial charge in [0, 0.05) is 32.8 Å². The summed E-state index contributed by atoms with van der Waals surface area (Å²) in [6.45, 7) is 5.52. The minimum absolute atomic E-state index is 0.0356. The Hall–Kier alpha value is -0.330. The van der Waals surface area contributed by atoms with E-state index < -0.39 is 12.6 Å². The first kappa shape index (κ1) is 16.7. The van der Waals surface area contributed by atoms with E-state index in [0.717, 1.165) is 26.2 Å². The van der Waals surface area contributed by atoms with Gasteiger partial charge in [-0.2, -0.15) is 13.2 Å². The molecule has 0 atom stereocenters. The van der Waals surface area contributed by atoms with E-state index in [1.54, 1.807) is 0 Å². The molecule has 0 aliphatic rings. The number of ether oxygens (including phenoxy) is 2. The second-order valence-electron chi connectivity index (χ2n) is 3.63. The zero-order valence-electron chi connectivity index (χ0n) is 10.3. The molecular formula is C11H22F3NO2. The second kappa shape index (κ2) is 10.8. The van der Waals surface area contributed by atoms with Gasteiger partial charge in [-0.05, 0) is 26.3 Å². The van der Waals surface area contributed by atoms with Crippen LogP contribution in [-0.4, -0.2) is 45.7 Å². The fourth-order valence-corrected chi connectivity index (χ4v) is 1.19. The van der Waals surface area contributed by atoms with Gasteiger partial charge in [-0.3, -0.25) is 0 Å². The molecule has 0 amide bonds. The SMILES string of the molecule is CCOCCCNCCOCCCC(F)(F)F. The monoisotopic (exact) mass is 257 g/mol. The molecular weight excluding hydrogens is 235 g/mol. The van der Waals surface area contributed by atoms with Gasteiger partial charge in [-0.1, -0.05) is 0 Å². The lowest BCUT2D eigenvalue weighted by Crippen LogP contribution is -2.22. The minimum Gasteiger partial charge on any atom is -0.382 e. The summed E-state index contributed by atoms with van der Waals surface area (Å²) in [5.41, 5.74) is 0. The molecule has 0 rings (SSSR count). The molecule has 104 valence electrons. The van der Waals surface area contributed by atoms with E-state index in [9.17, 15) is 13.2 Å². The van der Waals surface area contributed by atoms with Crippen LogP contribution in [0.3, 0.4) is 0 Å². The van der Waals surface area contributed by atoms with E-state index in [-0.39, 0.29) is 13.0 Å². The molecule has 0 heterocycles. The Morgan fingerprint density at radius 1 is 0.941 bits per heavy atom. The van der Waals surface area contributed by atoms with Crippen molar-refractivity contribution in [2.75, 3.05) is 39.5 Å². The van der Waals surface area contributed by atoms with Crippen molar-refractivity contribution in [2.45, 2.75) is 32.4 Å². The fourth-order valence-electron chi connectivity index (χ4n) is 1.19. The molecule has 1 N–H and O–H groups in total. The number of hydrogen-bond donors (Lipinski definition) is 1. The molecule has 0 aromatic carbocycles. The minimum atomic E-state index is -4.07. The van der Waals surface area contributed by atoms with Crippen molar-refractivity contribution < 1.29 is 22.6 Å². The summed E-state index contributed by atoms with van der Waals surface area (Å²) in [6.07, 6.45) is -3.87. The predicted molar refractivity (Wildman–Crippen MR) is 60.1 cm³/mol. The molecule has 0 bridgehead atoms. The van der Waals surface area contributed by atoms with Crippen LogP contribution in [0.5, 0.6) is 0 Å². The average Bonchev–Trinajstić information content (AvgIpc) is 2.24. The second-order valence-corrected chi connectivity index (χ2v) is 3.63. The maximum Gasteiger partial charge on any atom is 0.389 e. The van der Waals surface area contributed by atoms with Crippen molar-refractivity contribution in [3.05, 3.63) is 0 Å². The topological polar surface area (TPSA) is 30.5 Å². The van der Waals surface area contributed by atoms with Crippen molar-refractivity contribution in [1.29, 1.82) is 0 Å². The molecule has 3 nitrogen and oxygen atoms in total. The molecule has 0 aliphatic heterocycles. The standard InChI is InChI=1S/C11H22F3NO2/c1-2-16-9-4-6-15-7-10-17-8-3-5-11(12,13)14/h15H,2-10H2,1H3. The molecule has 0 aromatic rings. The van der Waals surface area contributed by atoms with Gasteiger partial charge in [0.25, 0.3) is 0 Å². The summed E-state index contributed by atoms with van der Waals surface area (Å²) >= 11 is 0. The summed E-state index contributed by atoms with van der Waals surface area (Å²) < 4.78 is 45.5. The first-order valence-electron chi connectivity index (χ1n) is 5.99. The van der Waals surface area contributed by atoms with Crippen LogP contribution in [0.25, 0.3) is 0 Å². The maximum absolute atomic E-state index is 11.8. The lowest BCUT2D eigenvalue weighted by Gasteiger charge is -2.07. The molecule has 0 radical (unpaired) electrons. The van der Waals surface area contributed by atoms with Crippen LogP contribution in [0.1, 0.15) is 26.2 Å². The number of rotatable bonds is 11. The van der Waals surface area contributed by atoms with Crippen LogP contribution >= 0.6 is 0 Å². The van der Waals surface area contributed by atoms with Gasteiger partial charge in [-0.25, -0.2) is 0 Å². The van der Waals surface area contributed by atoms with Gasteiger partial charge in [0.05, 0.1) is 6.61 Å². The Bertz CT molecular complexity index is 165. The number of halogens is 3. The number of nitrogens with one attached hydrogen (secondary N) is 1. The van der Waals surface area contributed by atoms with Crippen LogP contribution in [-0.2, 0) is 9.47 Å². The average molecular weight is 257 g/mol. The lowest BCUT2D eigenvalue weighted by molar-refractivity contribution is -0.137. The Kier molecular flexibility index (Phi) is 10.6. The fraction of sp³-hybridized carbons (Fsp3) is 1.00. The highest BCUT2D eigenvalue weighted by Crippen LogP contribution is 2.20. The summed E-state index contributed by atoms with van der Waals surface area (Å²) in [7, 11) is 0. The van der Waals surface area contributed by atoms with Crippen molar-refractivity contribution in [2.24, 2.45) is 0 Å². The highest BCUT2D eigenvalue weighted by molar-refractivity contribution is 4.50. The summed E-state index contributed by atoms with van der Waals surface area (Å²) in [5.74, 6) is 0. The predicted octanol–water partition coefficient (Wildman–Crippen LogP) is 2.36. The van der Waals surface area contributed by atoms with E-state index in [4.69, 9.17) is 9.47 Å². The van der Waals surface area contributed by atoms with Gasteiger partial charge in [0.2, 0.25) is 0 Å². The summed E-state index contributed by atoms with van der Waals surface area (Å²) in [4.78, 5) is 0. The quantitative estimate of drug-likeness (QED) is 0.576. The molecule has 17 heavy (non-hydrogen) atoms. The Labute approximate surface area is 101 Å². The zero-order chi connectivity index (χ0) is 13.0. The van der Waals surface area contributed by atoms with Gasteiger partial charge < -0.3 is 14.8 Å². The van der Waals surface area contributed by atoms with Crippen molar-refractivity contribution in [1.82, 2.24) is 5.32 Å². The lowest BCUT2D eigenvalue weighted by atomic mass is 10.3. The van der Waals surface area contributed by atoms with Crippen LogP contribution in [0.15, 0.2) is 0 Å². The van der Waals surface area contributed by atoms with E-state index in [1.807, 2.05) is 6.92 Å². The molecule has 0 aliphatic carbocycles.